The average Bonchev–Trinajstić information content (AvgIpc) is 3.82. The number of carbonyl (C=O) groups is 2. The lowest BCUT2D eigenvalue weighted by Crippen LogP contribution is -2.71. The average molecular weight is 722 g/mol. The second-order valence-corrected chi connectivity index (χ2v) is 17.8. The van der Waals surface area contributed by atoms with Gasteiger partial charge in [-0.25, -0.2) is 4.72 Å². The second kappa shape index (κ2) is 12.5. The maximum atomic E-state index is 15.1. The molecule has 3 aromatic carbocycles. The maximum Gasteiger partial charge on any atom is 0.303 e. The molecule has 3 saturated heterocycles. The predicted octanol–water partition coefficient (Wildman–Crippen LogP) is 5.87. The van der Waals surface area contributed by atoms with Crippen molar-refractivity contribution in [2.75, 3.05) is 34.3 Å². The topological polar surface area (TPSA) is 104 Å². The first kappa shape index (κ1) is 33.6. The van der Waals surface area contributed by atoms with Gasteiger partial charge in [0.2, 0.25) is 5.91 Å². The number of carbonyl (C=O) groups excluding carboxylic acids is 2. The molecule has 5 fully saturated rings. The van der Waals surface area contributed by atoms with Crippen LogP contribution in [0.15, 0.2) is 66.7 Å². The standard InChI is InChI=1S/C41H47N5O5S/c1-43(2)52(49,50)42-39(47)28-14-16-33-36(18-28)45-25-41(40(48)46-29-19-30(46)24-44(23-29)22-26-10-6-4-7-11-26)21-35(41)34-20-31(51-3)15-17-32(34)38(45)37(33)27-12-8-5-9-13-27/h4,6-7,10-11,14-18,20,27,29-30,35H,5,8-9,12-13,19,21-25H2,1-3H3,(H,42,47)/t29-,30?,35?,41?/m0/s1. The van der Waals surface area contributed by atoms with E-state index in [1.807, 2.05) is 24.3 Å². The van der Waals surface area contributed by atoms with Crippen LogP contribution in [0.2, 0.25) is 0 Å². The summed E-state index contributed by atoms with van der Waals surface area (Å²) in [5.41, 5.74) is 6.55. The summed E-state index contributed by atoms with van der Waals surface area (Å²) < 4.78 is 36.6. The molecule has 4 atom stereocenters. The monoisotopic (exact) mass is 721 g/mol. The van der Waals surface area contributed by atoms with Gasteiger partial charge in [0, 0.05) is 80.3 Å². The Morgan fingerprint density at radius 2 is 1.71 bits per heavy atom. The molecule has 5 heterocycles. The van der Waals surface area contributed by atoms with Gasteiger partial charge in [-0.05, 0) is 78.6 Å². The van der Waals surface area contributed by atoms with Crippen LogP contribution in [0.4, 0.5) is 0 Å². The summed E-state index contributed by atoms with van der Waals surface area (Å²) >= 11 is 0. The second-order valence-electron chi connectivity index (χ2n) is 15.9. The SMILES string of the molecule is COc1ccc2c(c1)C1CC1(C(=O)N1C3C[C@H]1CN(Cc1ccccc1)C3)Cn1c-2c(C2CCCCC2)c2ccc(C(=O)NS(=O)(=O)N(C)C)cc21. The molecule has 272 valence electrons. The molecule has 3 unspecified atom stereocenters. The predicted molar refractivity (Wildman–Crippen MR) is 200 cm³/mol. The van der Waals surface area contributed by atoms with Crippen LogP contribution in [0, 0.1) is 5.41 Å². The summed E-state index contributed by atoms with van der Waals surface area (Å²) in [6.45, 7) is 3.16. The molecule has 2 aliphatic carbocycles. The first-order valence-corrected chi connectivity index (χ1v) is 20.2. The first-order valence-electron chi connectivity index (χ1n) is 18.8. The Morgan fingerprint density at radius 1 is 0.962 bits per heavy atom. The Morgan fingerprint density at radius 3 is 2.42 bits per heavy atom. The van der Waals surface area contributed by atoms with Crippen LogP contribution in [0.3, 0.4) is 0 Å². The van der Waals surface area contributed by atoms with Crippen LogP contribution in [0.25, 0.3) is 22.2 Å². The molecule has 1 aromatic heterocycles. The van der Waals surface area contributed by atoms with E-state index in [1.165, 1.54) is 44.5 Å². The summed E-state index contributed by atoms with van der Waals surface area (Å²) in [6.07, 6.45) is 7.53. The smallest absolute Gasteiger partial charge is 0.303 e. The lowest BCUT2D eigenvalue weighted by atomic mass is 9.81. The fraction of sp³-hybridized carbons (Fsp3) is 0.463. The van der Waals surface area contributed by atoms with E-state index in [2.05, 4.69) is 55.5 Å². The van der Waals surface area contributed by atoms with E-state index < -0.39 is 21.5 Å². The molecule has 4 aliphatic heterocycles. The van der Waals surface area contributed by atoms with Crippen LogP contribution in [-0.4, -0.2) is 85.3 Å². The third kappa shape index (κ3) is 5.38. The summed E-state index contributed by atoms with van der Waals surface area (Å²) in [5, 5.41) is 1.08. The minimum atomic E-state index is -3.98. The van der Waals surface area contributed by atoms with Gasteiger partial charge in [-0.15, -0.1) is 0 Å². The van der Waals surface area contributed by atoms with Crippen molar-refractivity contribution in [3.05, 3.63) is 89.0 Å². The number of methoxy groups -OCH3 is 1. The normalized spacial score (nSPS) is 25.5. The van der Waals surface area contributed by atoms with Gasteiger partial charge in [0.1, 0.15) is 5.75 Å². The minimum Gasteiger partial charge on any atom is -0.497 e. The fourth-order valence-electron chi connectivity index (χ4n) is 9.95. The number of benzene rings is 3. The van der Waals surface area contributed by atoms with Gasteiger partial charge in [0.05, 0.1) is 18.2 Å². The summed E-state index contributed by atoms with van der Waals surface area (Å²) in [6, 6.07) is 22.9. The molecular weight excluding hydrogens is 675 g/mol. The van der Waals surface area contributed by atoms with Crippen molar-refractivity contribution in [1.82, 2.24) is 23.4 Å². The largest absolute Gasteiger partial charge is 0.497 e. The van der Waals surface area contributed by atoms with Crippen molar-refractivity contribution in [2.24, 2.45) is 5.41 Å². The number of nitrogens with one attached hydrogen (secondary N) is 1. The van der Waals surface area contributed by atoms with Crippen molar-refractivity contribution in [2.45, 2.75) is 82.0 Å². The fourth-order valence-corrected chi connectivity index (χ4v) is 10.5. The Labute approximate surface area is 305 Å². The number of hydrogen-bond acceptors (Lipinski definition) is 6. The molecule has 2 bridgehead atoms. The van der Waals surface area contributed by atoms with E-state index in [0.717, 1.165) is 83.1 Å². The highest BCUT2D eigenvalue weighted by Gasteiger charge is 2.66. The number of hydrogen-bond donors (Lipinski definition) is 1. The number of nitrogens with zero attached hydrogens (tertiary/aromatic N) is 4. The molecular formula is C41H47N5O5S. The van der Waals surface area contributed by atoms with Gasteiger partial charge in [0.15, 0.2) is 0 Å². The molecule has 4 aromatic rings. The van der Waals surface area contributed by atoms with Crippen LogP contribution < -0.4 is 9.46 Å². The number of fused-ring (bicyclic) bond motifs is 9. The van der Waals surface area contributed by atoms with Crippen molar-refractivity contribution < 1.29 is 22.7 Å². The van der Waals surface area contributed by atoms with E-state index in [-0.39, 0.29) is 29.5 Å². The molecule has 10 rings (SSSR count). The number of piperidine rings is 1. The summed E-state index contributed by atoms with van der Waals surface area (Å²) in [5.74, 6) is 0.758. The van der Waals surface area contributed by atoms with E-state index in [1.54, 1.807) is 13.2 Å². The Bertz CT molecular complexity index is 2180. The summed E-state index contributed by atoms with van der Waals surface area (Å²) in [4.78, 5) is 33.3. The zero-order valence-electron chi connectivity index (χ0n) is 30.2. The molecule has 0 spiro atoms. The minimum absolute atomic E-state index is 0.0534. The number of aromatic nitrogens is 1. The van der Waals surface area contributed by atoms with Crippen molar-refractivity contribution >= 4 is 32.9 Å². The number of rotatable bonds is 8. The van der Waals surface area contributed by atoms with Crippen molar-refractivity contribution in [1.29, 1.82) is 0 Å². The van der Waals surface area contributed by atoms with E-state index in [9.17, 15) is 13.2 Å². The van der Waals surface area contributed by atoms with Crippen LogP contribution in [-0.2, 0) is 28.1 Å². The zero-order chi connectivity index (χ0) is 35.9. The maximum absolute atomic E-state index is 15.1. The van der Waals surface area contributed by atoms with Gasteiger partial charge in [-0.3, -0.25) is 14.5 Å². The molecule has 6 aliphatic rings. The van der Waals surface area contributed by atoms with Gasteiger partial charge < -0.3 is 14.2 Å². The molecule has 1 N–H and O–H groups in total. The van der Waals surface area contributed by atoms with Crippen LogP contribution >= 0.6 is 0 Å². The Hall–Kier alpha value is -4.19. The Kier molecular flexibility index (Phi) is 8.06. The Balaban J connectivity index is 1.14. The van der Waals surface area contributed by atoms with Crippen molar-refractivity contribution in [3.63, 3.8) is 0 Å². The number of amides is 2. The highest BCUT2D eigenvalue weighted by atomic mass is 32.2. The van der Waals surface area contributed by atoms with E-state index >= 15 is 4.79 Å². The van der Waals surface area contributed by atoms with Crippen LogP contribution in [0.5, 0.6) is 5.75 Å². The van der Waals surface area contributed by atoms with Crippen LogP contribution in [0.1, 0.15) is 83.8 Å². The lowest BCUT2D eigenvalue weighted by Gasteiger charge is -2.57. The zero-order valence-corrected chi connectivity index (χ0v) is 31.0. The third-order valence-corrected chi connectivity index (χ3v) is 14.1. The molecule has 0 radical (unpaired) electrons. The number of ether oxygens (including phenoxy) is 1. The molecule has 52 heavy (non-hydrogen) atoms. The quantitative estimate of drug-likeness (QED) is 0.244. The van der Waals surface area contributed by atoms with E-state index in [4.69, 9.17) is 4.74 Å². The highest BCUT2D eigenvalue weighted by Crippen LogP contribution is 2.67. The van der Waals surface area contributed by atoms with Gasteiger partial charge in [0.25, 0.3) is 5.91 Å². The summed E-state index contributed by atoms with van der Waals surface area (Å²) in [7, 11) is 0.503. The van der Waals surface area contributed by atoms with Crippen molar-refractivity contribution in [3.8, 4) is 17.0 Å². The number of piperazine rings is 1. The molecule has 11 heteroatoms. The third-order valence-electron chi connectivity index (χ3n) is 12.7. The highest BCUT2D eigenvalue weighted by molar-refractivity contribution is 7.87. The molecule has 2 saturated carbocycles. The van der Waals surface area contributed by atoms with E-state index in [0.29, 0.717) is 12.5 Å². The molecule has 10 nitrogen and oxygen atoms in total. The molecule has 2 amide bonds. The van der Waals surface area contributed by atoms with Gasteiger partial charge >= 0.3 is 10.2 Å². The lowest BCUT2D eigenvalue weighted by molar-refractivity contribution is -0.161. The first-order chi connectivity index (χ1) is 25.1. The van der Waals surface area contributed by atoms with Gasteiger partial charge in [-0.2, -0.15) is 12.7 Å². The van der Waals surface area contributed by atoms with Gasteiger partial charge in [-0.1, -0.05) is 55.7 Å².